The van der Waals surface area contributed by atoms with Gasteiger partial charge < -0.3 is 10.2 Å². The van der Waals surface area contributed by atoms with E-state index in [4.69, 9.17) is 0 Å². The van der Waals surface area contributed by atoms with Crippen LogP contribution in [0.1, 0.15) is 20.3 Å². The normalized spacial score (nSPS) is 22.7. The number of nitrogens with zero attached hydrogens (tertiary/aromatic N) is 2. The Balaban J connectivity index is 1.99. The number of anilines is 2. The lowest BCUT2D eigenvalue weighted by Gasteiger charge is -2.44. The van der Waals surface area contributed by atoms with Crippen LogP contribution >= 0.6 is 0 Å². The Morgan fingerprint density at radius 2 is 2.09 bits per heavy atom. The van der Waals surface area contributed by atoms with Gasteiger partial charge in [0, 0.05) is 0 Å². The van der Waals surface area contributed by atoms with Crippen molar-refractivity contribution in [3.8, 4) is 0 Å². The van der Waals surface area contributed by atoms with Crippen molar-refractivity contribution in [2.75, 3.05) is 23.3 Å². The highest BCUT2D eigenvalue weighted by atomic mass is 19.1. The summed E-state index contributed by atoms with van der Waals surface area (Å²) in [5, 5.41) is 2.87. The van der Waals surface area contributed by atoms with E-state index in [1.807, 2.05) is 32.0 Å². The molecule has 3 amide bonds. The number of hydrogen-bond donors (Lipinski definition) is 1. The summed E-state index contributed by atoms with van der Waals surface area (Å²) in [6, 6.07) is 6.38. The second-order valence-corrected chi connectivity index (χ2v) is 5.99. The van der Waals surface area contributed by atoms with E-state index in [9.17, 15) is 14.0 Å². The maximum absolute atomic E-state index is 13.1. The lowest BCUT2D eigenvalue weighted by Crippen LogP contribution is -2.62. The zero-order valence-corrected chi connectivity index (χ0v) is 12.8. The number of benzene rings is 1. The van der Waals surface area contributed by atoms with E-state index in [2.05, 4.69) is 5.32 Å². The summed E-state index contributed by atoms with van der Waals surface area (Å²) in [4.78, 5) is 28.2. The SMILES string of the molecule is CCC(C)C1C(=O)Nc2ccccc2N1C(=O)N1CC(F)C1. The van der Waals surface area contributed by atoms with Crippen molar-refractivity contribution in [1.82, 2.24) is 4.90 Å². The van der Waals surface area contributed by atoms with Gasteiger partial charge in [0.25, 0.3) is 0 Å². The van der Waals surface area contributed by atoms with Crippen LogP contribution in [0.2, 0.25) is 0 Å². The summed E-state index contributed by atoms with van der Waals surface area (Å²) in [6.45, 7) is 4.15. The molecule has 2 aliphatic rings. The number of carbonyl (C=O) groups is 2. The molecular weight excluding hydrogens is 285 g/mol. The van der Waals surface area contributed by atoms with Gasteiger partial charge in [-0.15, -0.1) is 0 Å². The second-order valence-electron chi connectivity index (χ2n) is 5.99. The highest BCUT2D eigenvalue weighted by molar-refractivity contribution is 6.11. The zero-order valence-electron chi connectivity index (χ0n) is 12.8. The molecule has 0 bridgehead atoms. The Kier molecular flexibility index (Phi) is 3.76. The van der Waals surface area contributed by atoms with Crippen molar-refractivity contribution in [1.29, 1.82) is 0 Å². The molecule has 2 atom stereocenters. The molecule has 1 aromatic rings. The molecule has 0 saturated carbocycles. The Labute approximate surface area is 129 Å². The average Bonchev–Trinajstić information content (AvgIpc) is 2.49. The van der Waals surface area contributed by atoms with E-state index in [0.717, 1.165) is 6.42 Å². The minimum Gasteiger partial charge on any atom is -0.322 e. The van der Waals surface area contributed by atoms with Crippen molar-refractivity contribution in [3.63, 3.8) is 0 Å². The Bertz CT molecular complexity index is 601. The average molecular weight is 305 g/mol. The number of fused-ring (bicyclic) bond motifs is 1. The number of alkyl halides is 1. The monoisotopic (exact) mass is 305 g/mol. The summed E-state index contributed by atoms with van der Waals surface area (Å²) in [5.41, 5.74) is 1.30. The minimum absolute atomic E-state index is 0.0137. The van der Waals surface area contributed by atoms with Crippen LogP contribution in [0.25, 0.3) is 0 Å². The summed E-state index contributed by atoms with van der Waals surface area (Å²) in [7, 11) is 0. The van der Waals surface area contributed by atoms with Crippen LogP contribution in [0.15, 0.2) is 24.3 Å². The lowest BCUT2D eigenvalue weighted by atomic mass is 9.94. The molecule has 6 heteroatoms. The third kappa shape index (κ3) is 2.32. The first-order valence-electron chi connectivity index (χ1n) is 7.65. The van der Waals surface area contributed by atoms with Crippen molar-refractivity contribution >= 4 is 23.3 Å². The van der Waals surface area contributed by atoms with Gasteiger partial charge in [-0.05, 0) is 18.1 Å². The standard InChI is InChI=1S/C16H20FN3O2/c1-3-10(2)14-15(21)18-12-6-4-5-7-13(12)20(14)16(22)19-8-11(17)9-19/h4-7,10-11,14H,3,8-9H2,1-2H3,(H,18,21). The predicted molar refractivity (Wildman–Crippen MR) is 82.7 cm³/mol. The fourth-order valence-corrected chi connectivity index (χ4v) is 2.95. The van der Waals surface area contributed by atoms with Gasteiger partial charge in [-0.2, -0.15) is 0 Å². The summed E-state index contributed by atoms with van der Waals surface area (Å²) in [5.74, 6) is -0.168. The molecule has 2 unspecified atom stereocenters. The second kappa shape index (κ2) is 5.59. The van der Waals surface area contributed by atoms with Gasteiger partial charge in [0.05, 0.1) is 24.5 Å². The van der Waals surface area contributed by atoms with Crippen LogP contribution < -0.4 is 10.2 Å². The van der Waals surface area contributed by atoms with Crippen molar-refractivity contribution in [2.24, 2.45) is 5.92 Å². The third-order valence-electron chi connectivity index (χ3n) is 4.46. The zero-order chi connectivity index (χ0) is 15.9. The topological polar surface area (TPSA) is 52.7 Å². The number of halogens is 1. The molecular formula is C16H20FN3O2. The largest absolute Gasteiger partial charge is 0.325 e. The number of urea groups is 1. The minimum atomic E-state index is -0.958. The van der Waals surface area contributed by atoms with E-state index in [1.54, 1.807) is 6.07 Å². The molecule has 118 valence electrons. The number of carbonyl (C=O) groups excluding carboxylic acids is 2. The fraction of sp³-hybridized carbons (Fsp3) is 0.500. The van der Waals surface area contributed by atoms with Gasteiger partial charge in [-0.25, -0.2) is 9.18 Å². The number of rotatable bonds is 2. The highest BCUT2D eigenvalue weighted by Gasteiger charge is 2.43. The Morgan fingerprint density at radius 3 is 2.73 bits per heavy atom. The van der Waals surface area contributed by atoms with Crippen molar-refractivity contribution < 1.29 is 14.0 Å². The third-order valence-corrected chi connectivity index (χ3v) is 4.46. The molecule has 3 rings (SSSR count). The highest BCUT2D eigenvalue weighted by Crippen LogP contribution is 2.36. The van der Waals surface area contributed by atoms with Gasteiger partial charge in [-0.3, -0.25) is 9.69 Å². The molecule has 0 aromatic heterocycles. The first-order chi connectivity index (χ1) is 10.5. The van der Waals surface area contributed by atoms with Crippen LogP contribution in [0.4, 0.5) is 20.6 Å². The maximum Gasteiger partial charge on any atom is 0.325 e. The molecule has 1 saturated heterocycles. The van der Waals surface area contributed by atoms with Crippen LogP contribution in [-0.4, -0.2) is 42.1 Å². The maximum atomic E-state index is 13.1. The van der Waals surface area contributed by atoms with Crippen LogP contribution in [0.3, 0.4) is 0 Å². The van der Waals surface area contributed by atoms with E-state index in [1.165, 1.54) is 9.80 Å². The summed E-state index contributed by atoms with van der Waals surface area (Å²) < 4.78 is 13.1. The quantitative estimate of drug-likeness (QED) is 0.913. The Hall–Kier alpha value is -2.11. The molecule has 0 radical (unpaired) electrons. The van der Waals surface area contributed by atoms with Gasteiger partial charge in [0.15, 0.2) is 0 Å². The van der Waals surface area contributed by atoms with E-state index < -0.39 is 12.2 Å². The van der Waals surface area contributed by atoms with Crippen LogP contribution in [0, 0.1) is 5.92 Å². The van der Waals surface area contributed by atoms with E-state index >= 15 is 0 Å². The molecule has 2 aliphatic heterocycles. The lowest BCUT2D eigenvalue weighted by molar-refractivity contribution is -0.118. The number of para-hydroxylation sites is 2. The molecule has 1 aromatic carbocycles. The van der Waals surface area contributed by atoms with Crippen LogP contribution in [0.5, 0.6) is 0 Å². The number of nitrogens with one attached hydrogen (secondary N) is 1. The predicted octanol–water partition coefficient (Wildman–Crippen LogP) is 2.63. The van der Waals surface area contributed by atoms with E-state index in [0.29, 0.717) is 11.4 Å². The first-order valence-corrected chi connectivity index (χ1v) is 7.65. The van der Waals surface area contributed by atoms with Gasteiger partial charge in [0.2, 0.25) is 5.91 Å². The molecule has 1 N–H and O–H groups in total. The first kappa shape index (κ1) is 14.8. The van der Waals surface area contributed by atoms with Crippen molar-refractivity contribution in [2.45, 2.75) is 32.5 Å². The molecule has 0 spiro atoms. The summed E-state index contributed by atoms with van der Waals surface area (Å²) in [6.07, 6.45) is -0.185. The molecule has 5 nitrogen and oxygen atoms in total. The molecule has 0 aliphatic carbocycles. The van der Waals surface area contributed by atoms with Crippen LogP contribution in [-0.2, 0) is 4.79 Å². The van der Waals surface area contributed by atoms with Gasteiger partial charge in [0.1, 0.15) is 12.2 Å². The number of amides is 3. The summed E-state index contributed by atoms with van der Waals surface area (Å²) >= 11 is 0. The smallest absolute Gasteiger partial charge is 0.322 e. The number of likely N-dealkylation sites (tertiary alicyclic amines) is 1. The molecule has 22 heavy (non-hydrogen) atoms. The van der Waals surface area contributed by atoms with Gasteiger partial charge >= 0.3 is 6.03 Å². The molecule has 1 fully saturated rings. The van der Waals surface area contributed by atoms with Crippen molar-refractivity contribution in [3.05, 3.63) is 24.3 Å². The number of hydrogen-bond acceptors (Lipinski definition) is 2. The fourth-order valence-electron chi connectivity index (χ4n) is 2.95. The van der Waals surface area contributed by atoms with Gasteiger partial charge in [-0.1, -0.05) is 32.4 Å². The van der Waals surface area contributed by atoms with E-state index in [-0.39, 0.29) is 30.9 Å². The Morgan fingerprint density at radius 1 is 1.41 bits per heavy atom. The molecule has 2 heterocycles.